The van der Waals surface area contributed by atoms with E-state index in [-0.39, 0.29) is 12.5 Å². The maximum Gasteiger partial charge on any atom is 0.325 e. The molecule has 1 unspecified atom stereocenters. The van der Waals surface area contributed by atoms with E-state index in [0.717, 1.165) is 6.42 Å². The predicted molar refractivity (Wildman–Crippen MR) is 71.7 cm³/mol. The molecule has 0 aliphatic rings. The third kappa shape index (κ3) is 5.11. The molecule has 0 fully saturated rings. The first-order chi connectivity index (χ1) is 8.92. The number of carbonyl (C=O) groups is 2. The molecule has 1 heterocycles. The number of aromatic nitrogens is 2. The van der Waals surface area contributed by atoms with Gasteiger partial charge in [0.2, 0.25) is 5.91 Å². The number of carboxylic acids is 1. The molecule has 106 valence electrons. The Labute approximate surface area is 112 Å². The number of hydrogen-bond acceptors (Lipinski definition) is 3. The first-order valence-corrected chi connectivity index (χ1v) is 6.47. The summed E-state index contributed by atoms with van der Waals surface area (Å²) < 4.78 is 1.28. The van der Waals surface area contributed by atoms with Gasteiger partial charge >= 0.3 is 5.97 Å². The molecular formula is C13H21N3O3. The molecule has 0 saturated heterocycles. The summed E-state index contributed by atoms with van der Waals surface area (Å²) in [6, 6.07) is 1.59. The van der Waals surface area contributed by atoms with Crippen molar-refractivity contribution in [3.63, 3.8) is 0 Å². The van der Waals surface area contributed by atoms with Crippen molar-refractivity contribution in [3.05, 3.63) is 12.3 Å². The second-order valence-electron chi connectivity index (χ2n) is 4.96. The lowest BCUT2D eigenvalue weighted by atomic mass is 9.90. The number of aliphatic carboxylic acids is 1. The highest BCUT2D eigenvalue weighted by Crippen LogP contribution is 2.19. The van der Waals surface area contributed by atoms with Crippen LogP contribution in [0.15, 0.2) is 12.3 Å². The number of nitrogens with one attached hydrogen (secondary N) is 1. The monoisotopic (exact) mass is 267 g/mol. The van der Waals surface area contributed by atoms with E-state index in [0.29, 0.717) is 24.1 Å². The van der Waals surface area contributed by atoms with Crippen LogP contribution in [-0.4, -0.2) is 26.8 Å². The van der Waals surface area contributed by atoms with E-state index in [4.69, 9.17) is 5.11 Å². The molecule has 0 radical (unpaired) electrons. The summed E-state index contributed by atoms with van der Waals surface area (Å²) in [7, 11) is 0. The van der Waals surface area contributed by atoms with Gasteiger partial charge in [-0.25, -0.2) is 0 Å². The molecule has 0 aliphatic carbocycles. The van der Waals surface area contributed by atoms with Crippen LogP contribution in [-0.2, 0) is 16.1 Å². The number of carbonyl (C=O) groups excluding carboxylic acids is 1. The quantitative estimate of drug-likeness (QED) is 0.791. The first-order valence-electron chi connectivity index (χ1n) is 6.47. The molecule has 0 saturated carbocycles. The van der Waals surface area contributed by atoms with Crippen molar-refractivity contribution in [3.8, 4) is 0 Å². The number of amides is 1. The molecule has 6 nitrogen and oxygen atoms in total. The van der Waals surface area contributed by atoms with Crippen molar-refractivity contribution in [1.29, 1.82) is 0 Å². The number of anilines is 1. The van der Waals surface area contributed by atoms with E-state index in [1.54, 1.807) is 6.07 Å². The topological polar surface area (TPSA) is 84.2 Å². The van der Waals surface area contributed by atoms with Gasteiger partial charge in [-0.15, -0.1) is 0 Å². The van der Waals surface area contributed by atoms with Crippen LogP contribution in [0.5, 0.6) is 0 Å². The smallest absolute Gasteiger partial charge is 0.325 e. The molecule has 1 aromatic heterocycles. The molecule has 0 bridgehead atoms. The average molecular weight is 267 g/mol. The molecule has 19 heavy (non-hydrogen) atoms. The SMILES string of the molecule is CCC(CC(=O)Nc1ccn(CC(=O)O)n1)C(C)C. The highest BCUT2D eigenvalue weighted by molar-refractivity contribution is 5.89. The minimum atomic E-state index is -0.966. The van der Waals surface area contributed by atoms with Crippen molar-refractivity contribution in [2.45, 2.75) is 40.2 Å². The highest BCUT2D eigenvalue weighted by atomic mass is 16.4. The molecule has 0 aliphatic heterocycles. The average Bonchev–Trinajstić information content (AvgIpc) is 2.71. The second-order valence-corrected chi connectivity index (χ2v) is 4.96. The molecule has 6 heteroatoms. The summed E-state index contributed by atoms with van der Waals surface area (Å²) in [4.78, 5) is 22.4. The lowest BCUT2D eigenvalue weighted by Gasteiger charge is -2.17. The first kappa shape index (κ1) is 15.2. The standard InChI is InChI=1S/C13H21N3O3/c1-4-10(9(2)3)7-12(17)14-11-5-6-16(15-11)8-13(18)19/h5-6,9-10H,4,7-8H2,1-3H3,(H,18,19)(H,14,15,17). The summed E-state index contributed by atoms with van der Waals surface area (Å²) in [5.41, 5.74) is 0. The van der Waals surface area contributed by atoms with Crippen LogP contribution in [0.2, 0.25) is 0 Å². The fourth-order valence-corrected chi connectivity index (χ4v) is 1.94. The van der Waals surface area contributed by atoms with Crippen LogP contribution in [0.1, 0.15) is 33.6 Å². The molecular weight excluding hydrogens is 246 g/mol. The van der Waals surface area contributed by atoms with Gasteiger partial charge in [0.15, 0.2) is 5.82 Å². The summed E-state index contributed by atoms with van der Waals surface area (Å²) in [6.07, 6.45) is 2.95. The Bertz CT molecular complexity index is 440. The van der Waals surface area contributed by atoms with E-state index in [2.05, 4.69) is 31.2 Å². The van der Waals surface area contributed by atoms with Crippen molar-refractivity contribution in [2.75, 3.05) is 5.32 Å². The van der Waals surface area contributed by atoms with Gasteiger partial charge in [-0.2, -0.15) is 5.10 Å². The zero-order valence-electron chi connectivity index (χ0n) is 11.6. The fourth-order valence-electron chi connectivity index (χ4n) is 1.94. The third-order valence-corrected chi connectivity index (χ3v) is 3.12. The predicted octanol–water partition coefficient (Wildman–Crippen LogP) is 1.98. The molecule has 2 N–H and O–H groups in total. The van der Waals surface area contributed by atoms with Crippen LogP contribution in [0.3, 0.4) is 0 Å². The molecule has 1 aromatic rings. The maximum absolute atomic E-state index is 11.8. The zero-order valence-corrected chi connectivity index (χ0v) is 11.6. The van der Waals surface area contributed by atoms with Crippen molar-refractivity contribution < 1.29 is 14.7 Å². The molecule has 1 atom stereocenters. The Balaban J connectivity index is 2.52. The van der Waals surface area contributed by atoms with Gasteiger partial charge in [0, 0.05) is 18.7 Å². The van der Waals surface area contributed by atoms with Gasteiger partial charge in [-0.1, -0.05) is 27.2 Å². The number of hydrogen-bond donors (Lipinski definition) is 2. The minimum Gasteiger partial charge on any atom is -0.480 e. The summed E-state index contributed by atoms with van der Waals surface area (Å²) >= 11 is 0. The van der Waals surface area contributed by atoms with Crippen LogP contribution < -0.4 is 5.32 Å². The van der Waals surface area contributed by atoms with Crippen LogP contribution >= 0.6 is 0 Å². The fraction of sp³-hybridized carbons (Fsp3) is 0.615. The van der Waals surface area contributed by atoms with Crippen molar-refractivity contribution in [1.82, 2.24) is 9.78 Å². The Kier molecular flexibility index (Phi) is 5.54. The lowest BCUT2D eigenvalue weighted by molar-refractivity contribution is -0.137. The second kappa shape index (κ2) is 6.92. The number of nitrogens with zero attached hydrogens (tertiary/aromatic N) is 2. The van der Waals surface area contributed by atoms with Crippen molar-refractivity contribution >= 4 is 17.7 Å². The van der Waals surface area contributed by atoms with E-state index in [1.807, 2.05) is 0 Å². The van der Waals surface area contributed by atoms with Crippen LogP contribution in [0, 0.1) is 11.8 Å². The number of rotatable bonds is 7. The summed E-state index contributed by atoms with van der Waals surface area (Å²) in [5, 5.41) is 15.3. The summed E-state index contributed by atoms with van der Waals surface area (Å²) in [6.45, 7) is 6.06. The van der Waals surface area contributed by atoms with E-state index in [1.165, 1.54) is 10.9 Å². The minimum absolute atomic E-state index is 0.0823. The molecule has 0 spiro atoms. The van der Waals surface area contributed by atoms with Gasteiger partial charge in [0.25, 0.3) is 0 Å². The van der Waals surface area contributed by atoms with E-state index >= 15 is 0 Å². The Morgan fingerprint density at radius 3 is 2.68 bits per heavy atom. The maximum atomic E-state index is 11.8. The summed E-state index contributed by atoms with van der Waals surface area (Å²) in [5.74, 6) is 0.152. The van der Waals surface area contributed by atoms with Crippen LogP contribution in [0.25, 0.3) is 0 Å². The Morgan fingerprint density at radius 1 is 1.47 bits per heavy atom. The van der Waals surface area contributed by atoms with Gasteiger partial charge < -0.3 is 10.4 Å². The molecule has 1 rings (SSSR count). The number of carboxylic acid groups (broad SMARTS) is 1. The Morgan fingerprint density at radius 2 is 2.16 bits per heavy atom. The van der Waals surface area contributed by atoms with Crippen molar-refractivity contribution in [2.24, 2.45) is 11.8 Å². The third-order valence-electron chi connectivity index (χ3n) is 3.12. The van der Waals surface area contributed by atoms with Crippen LogP contribution in [0.4, 0.5) is 5.82 Å². The normalized spacial score (nSPS) is 12.4. The van der Waals surface area contributed by atoms with E-state index < -0.39 is 5.97 Å². The van der Waals surface area contributed by atoms with E-state index in [9.17, 15) is 9.59 Å². The molecule has 1 amide bonds. The molecule has 0 aromatic carbocycles. The van der Waals surface area contributed by atoms with Gasteiger partial charge in [0.05, 0.1) is 0 Å². The lowest BCUT2D eigenvalue weighted by Crippen LogP contribution is -2.20. The Hall–Kier alpha value is -1.85. The largest absolute Gasteiger partial charge is 0.480 e. The highest BCUT2D eigenvalue weighted by Gasteiger charge is 2.16. The van der Waals surface area contributed by atoms with Gasteiger partial charge in [-0.05, 0) is 11.8 Å². The van der Waals surface area contributed by atoms with Gasteiger partial charge in [-0.3, -0.25) is 14.3 Å². The van der Waals surface area contributed by atoms with Gasteiger partial charge in [0.1, 0.15) is 6.54 Å². The zero-order chi connectivity index (χ0) is 14.4.